The molecule has 2 heteroatoms. The predicted octanol–water partition coefficient (Wildman–Crippen LogP) is 1.04. The van der Waals surface area contributed by atoms with Crippen LogP contribution in [0.4, 0.5) is 0 Å². The van der Waals surface area contributed by atoms with Gasteiger partial charge in [-0.25, -0.2) is 4.79 Å². The second-order valence-electron chi connectivity index (χ2n) is 1.99. The van der Waals surface area contributed by atoms with Crippen LogP contribution in [0.1, 0.15) is 6.42 Å². The van der Waals surface area contributed by atoms with Crippen molar-refractivity contribution in [2.45, 2.75) is 12.5 Å². The van der Waals surface area contributed by atoms with Crippen molar-refractivity contribution < 1.29 is 9.53 Å². The summed E-state index contributed by atoms with van der Waals surface area (Å²) in [5, 5.41) is 0. The molecule has 1 heterocycles. The highest BCUT2D eigenvalue weighted by atomic mass is 16.5. The second-order valence-corrected chi connectivity index (χ2v) is 1.99. The lowest BCUT2D eigenvalue weighted by molar-refractivity contribution is -0.137. The van der Waals surface area contributed by atoms with Gasteiger partial charge in [0.25, 0.3) is 0 Å². The fourth-order valence-corrected chi connectivity index (χ4v) is 0.720. The van der Waals surface area contributed by atoms with Crippen LogP contribution in [0.5, 0.6) is 0 Å². The first-order valence-corrected chi connectivity index (χ1v) is 2.75. The van der Waals surface area contributed by atoms with E-state index >= 15 is 0 Å². The third-order valence-electron chi connectivity index (χ3n) is 1.26. The smallest absolute Gasteiger partial charge is 0.334 e. The Balaban J connectivity index is 2.64. The Kier molecular flexibility index (Phi) is 1.39. The van der Waals surface area contributed by atoms with Gasteiger partial charge in [0, 0.05) is 12.0 Å². The molecule has 0 N–H and O–H groups in total. The number of hydrogen-bond donors (Lipinski definition) is 0. The summed E-state index contributed by atoms with van der Waals surface area (Å²) in [7, 11) is 0. The monoisotopic (exact) mass is 124 g/mol. The van der Waals surface area contributed by atoms with Gasteiger partial charge in [0.05, 0.1) is 0 Å². The van der Waals surface area contributed by atoms with Gasteiger partial charge in [0.1, 0.15) is 6.10 Å². The zero-order valence-electron chi connectivity index (χ0n) is 5.09. The van der Waals surface area contributed by atoms with Crippen LogP contribution in [0, 0.1) is 0 Å². The molecule has 0 aromatic heterocycles. The van der Waals surface area contributed by atoms with E-state index in [1.165, 1.54) is 0 Å². The van der Waals surface area contributed by atoms with Crippen LogP contribution in [0.2, 0.25) is 0 Å². The van der Waals surface area contributed by atoms with Crippen molar-refractivity contribution in [3.8, 4) is 0 Å². The van der Waals surface area contributed by atoms with Crippen LogP contribution in [-0.2, 0) is 9.53 Å². The van der Waals surface area contributed by atoms with Crippen molar-refractivity contribution >= 4 is 5.97 Å². The summed E-state index contributed by atoms with van der Waals surface area (Å²) in [5.41, 5.74) is 0.542. The van der Waals surface area contributed by atoms with Crippen LogP contribution in [-0.4, -0.2) is 12.1 Å². The van der Waals surface area contributed by atoms with Crippen LogP contribution < -0.4 is 0 Å². The van der Waals surface area contributed by atoms with E-state index in [0.717, 1.165) is 0 Å². The zero-order chi connectivity index (χ0) is 6.85. The maximum absolute atomic E-state index is 10.6. The summed E-state index contributed by atoms with van der Waals surface area (Å²) in [6, 6.07) is 0. The minimum atomic E-state index is -0.292. The van der Waals surface area contributed by atoms with Gasteiger partial charge in [0.2, 0.25) is 0 Å². The number of rotatable bonds is 1. The Bertz CT molecular complexity index is 154. The van der Waals surface area contributed by atoms with Crippen molar-refractivity contribution in [2.75, 3.05) is 0 Å². The molecule has 1 saturated heterocycles. The first-order valence-electron chi connectivity index (χ1n) is 2.75. The summed E-state index contributed by atoms with van der Waals surface area (Å²) >= 11 is 0. The maximum atomic E-state index is 10.6. The van der Waals surface area contributed by atoms with Crippen LogP contribution in [0.25, 0.3) is 0 Å². The second kappa shape index (κ2) is 2.05. The molecule has 1 rings (SSSR count). The summed E-state index contributed by atoms with van der Waals surface area (Å²) in [5.74, 6) is -0.292. The number of esters is 1. The van der Waals surface area contributed by atoms with Crippen molar-refractivity contribution in [1.82, 2.24) is 0 Å². The average Bonchev–Trinajstić information content (AvgIpc) is 2.13. The van der Waals surface area contributed by atoms with Gasteiger partial charge in [-0.3, -0.25) is 0 Å². The Labute approximate surface area is 53.8 Å². The molecular formula is C7H8O2. The molecule has 0 bridgehead atoms. The molecule has 9 heavy (non-hydrogen) atoms. The van der Waals surface area contributed by atoms with E-state index in [9.17, 15) is 4.79 Å². The Hall–Kier alpha value is -1.05. The molecule has 2 nitrogen and oxygen atoms in total. The molecule has 0 aromatic rings. The number of cyclic esters (lactones) is 1. The maximum Gasteiger partial charge on any atom is 0.334 e. The van der Waals surface area contributed by atoms with Gasteiger partial charge in [0.15, 0.2) is 0 Å². The quantitative estimate of drug-likeness (QED) is 0.296. The summed E-state index contributed by atoms with van der Waals surface area (Å²) in [4.78, 5) is 10.6. The third-order valence-corrected chi connectivity index (χ3v) is 1.26. The molecule has 0 saturated carbocycles. The first-order chi connectivity index (χ1) is 4.24. The minimum absolute atomic E-state index is 0.134. The van der Waals surface area contributed by atoms with Crippen molar-refractivity contribution in [3.05, 3.63) is 24.8 Å². The molecule has 0 radical (unpaired) electrons. The lowest BCUT2D eigenvalue weighted by atomic mass is 10.2. The molecule has 0 aliphatic carbocycles. The van der Waals surface area contributed by atoms with E-state index < -0.39 is 0 Å². The zero-order valence-corrected chi connectivity index (χ0v) is 5.09. The lowest BCUT2D eigenvalue weighted by Crippen LogP contribution is -2.00. The molecular weight excluding hydrogens is 116 g/mol. The van der Waals surface area contributed by atoms with Crippen LogP contribution >= 0.6 is 0 Å². The van der Waals surface area contributed by atoms with Gasteiger partial charge >= 0.3 is 5.97 Å². The van der Waals surface area contributed by atoms with E-state index in [1.807, 2.05) is 0 Å². The Morgan fingerprint density at radius 3 is 2.67 bits per heavy atom. The van der Waals surface area contributed by atoms with E-state index in [0.29, 0.717) is 12.0 Å². The fourth-order valence-electron chi connectivity index (χ4n) is 0.720. The topological polar surface area (TPSA) is 26.3 Å². The van der Waals surface area contributed by atoms with Gasteiger partial charge in [-0.2, -0.15) is 0 Å². The highest BCUT2D eigenvalue weighted by molar-refractivity contribution is 5.90. The Morgan fingerprint density at radius 1 is 1.78 bits per heavy atom. The molecule has 1 atom stereocenters. The number of carbonyl (C=O) groups excluding carboxylic acids is 1. The van der Waals surface area contributed by atoms with Gasteiger partial charge in [-0.15, -0.1) is 0 Å². The number of carbonyl (C=O) groups is 1. The van der Waals surface area contributed by atoms with E-state index in [2.05, 4.69) is 13.2 Å². The van der Waals surface area contributed by atoms with Gasteiger partial charge in [-0.1, -0.05) is 19.2 Å². The third kappa shape index (κ3) is 1.02. The molecule has 0 spiro atoms. The Morgan fingerprint density at radius 2 is 2.44 bits per heavy atom. The van der Waals surface area contributed by atoms with E-state index in [-0.39, 0.29) is 12.1 Å². The van der Waals surface area contributed by atoms with Crippen molar-refractivity contribution in [1.29, 1.82) is 0 Å². The number of hydrogen-bond acceptors (Lipinski definition) is 2. The molecule has 0 amide bonds. The highest BCUT2D eigenvalue weighted by Gasteiger charge is 2.24. The molecule has 0 aromatic carbocycles. The van der Waals surface area contributed by atoms with Crippen molar-refractivity contribution in [3.63, 3.8) is 0 Å². The van der Waals surface area contributed by atoms with Gasteiger partial charge in [-0.05, 0) is 0 Å². The predicted molar refractivity (Wildman–Crippen MR) is 33.8 cm³/mol. The summed E-state index contributed by atoms with van der Waals surface area (Å²) in [6.07, 6.45) is 2.07. The fraction of sp³-hybridized carbons (Fsp3) is 0.286. The molecule has 0 unspecified atom stereocenters. The summed E-state index contributed by atoms with van der Waals surface area (Å²) in [6.45, 7) is 7.00. The normalized spacial score (nSPS) is 26.0. The minimum Gasteiger partial charge on any atom is -0.454 e. The van der Waals surface area contributed by atoms with Crippen LogP contribution in [0.3, 0.4) is 0 Å². The largest absolute Gasteiger partial charge is 0.454 e. The van der Waals surface area contributed by atoms with Crippen molar-refractivity contribution in [2.24, 2.45) is 0 Å². The molecule has 1 fully saturated rings. The number of ether oxygens (including phenoxy) is 1. The lowest BCUT2D eigenvalue weighted by Gasteiger charge is -1.97. The molecule has 48 valence electrons. The van der Waals surface area contributed by atoms with Crippen LogP contribution in [0.15, 0.2) is 24.8 Å². The van der Waals surface area contributed by atoms with E-state index in [4.69, 9.17) is 4.74 Å². The molecule has 1 aliphatic rings. The standard InChI is InChI=1S/C7H8O2/c1-3-6-4-5(2)7(8)9-6/h3,6H,1-2,4H2/t6-/m1/s1. The SMILES string of the molecule is C=C[C@@H]1CC(=C)C(=O)O1. The summed E-state index contributed by atoms with van der Waals surface area (Å²) < 4.78 is 4.77. The van der Waals surface area contributed by atoms with Gasteiger partial charge < -0.3 is 4.74 Å². The average molecular weight is 124 g/mol. The first kappa shape index (κ1) is 6.08. The molecule has 1 aliphatic heterocycles. The van der Waals surface area contributed by atoms with E-state index in [1.54, 1.807) is 6.08 Å². The highest BCUT2D eigenvalue weighted by Crippen LogP contribution is 2.18.